The van der Waals surface area contributed by atoms with E-state index in [2.05, 4.69) is 15.0 Å². The fraction of sp³-hybridized carbons (Fsp3) is 0.412. The lowest BCUT2D eigenvalue weighted by atomic mass is 9.87. The molecule has 1 aromatic heterocycles. The monoisotopic (exact) mass is 399 g/mol. The second-order valence-corrected chi connectivity index (χ2v) is 7.25. The lowest BCUT2D eigenvalue weighted by molar-refractivity contribution is -0.274. The molecule has 0 unspecified atom stereocenters. The summed E-state index contributed by atoms with van der Waals surface area (Å²) in [5.74, 6) is -0.358. The Bertz CT molecular complexity index is 863. The molecule has 0 atom stereocenters. The Labute approximate surface area is 159 Å². The van der Waals surface area contributed by atoms with Gasteiger partial charge in [0.25, 0.3) is 0 Å². The van der Waals surface area contributed by atoms with Crippen molar-refractivity contribution in [3.05, 3.63) is 41.9 Å². The molecule has 1 aliphatic rings. The molecule has 0 radical (unpaired) electrons. The molecule has 0 aliphatic carbocycles. The van der Waals surface area contributed by atoms with Crippen LogP contribution >= 0.6 is 0 Å². The van der Waals surface area contributed by atoms with Crippen molar-refractivity contribution in [2.24, 2.45) is 0 Å². The third kappa shape index (κ3) is 4.36. The Morgan fingerprint density at radius 3 is 2.21 bits per heavy atom. The summed E-state index contributed by atoms with van der Waals surface area (Å²) in [4.78, 5) is 0. The smallest absolute Gasteiger partial charge is 0.406 e. The van der Waals surface area contributed by atoms with Gasteiger partial charge in [-0.05, 0) is 58.0 Å². The molecule has 3 rings (SSSR count). The van der Waals surface area contributed by atoms with Crippen LogP contribution < -0.4 is 4.74 Å². The predicted octanol–water partition coefficient (Wildman–Crippen LogP) is 4.11. The van der Waals surface area contributed by atoms with Crippen molar-refractivity contribution in [2.75, 3.05) is 0 Å². The van der Waals surface area contributed by atoms with Crippen molar-refractivity contribution in [2.45, 2.75) is 45.3 Å². The maximum Gasteiger partial charge on any atom is 0.573 e. The van der Waals surface area contributed by atoms with E-state index in [4.69, 9.17) is 9.31 Å². The van der Waals surface area contributed by atoms with E-state index in [0.29, 0.717) is 5.69 Å². The third-order valence-corrected chi connectivity index (χ3v) is 4.61. The number of ether oxygens (including phenoxy) is 1. The fourth-order valence-electron chi connectivity index (χ4n) is 2.43. The molecule has 11 heteroatoms. The SMILES string of the molecule is CC1(C)OB(C(F)=Cc2cn(-c3ccc(OC(F)(F)F)cc3)nn2)OC1(C)C. The van der Waals surface area contributed by atoms with Crippen LogP contribution in [0.25, 0.3) is 11.8 Å². The third-order valence-electron chi connectivity index (χ3n) is 4.61. The minimum atomic E-state index is -4.77. The molecule has 150 valence electrons. The summed E-state index contributed by atoms with van der Waals surface area (Å²) in [5.41, 5.74) is -1.40. The molecule has 0 saturated carbocycles. The molecule has 0 spiro atoms. The normalized spacial score (nSPS) is 19.1. The molecular weight excluding hydrogens is 381 g/mol. The topological polar surface area (TPSA) is 58.4 Å². The summed E-state index contributed by atoms with van der Waals surface area (Å²) in [6.45, 7) is 7.23. The second-order valence-electron chi connectivity index (χ2n) is 7.25. The molecule has 28 heavy (non-hydrogen) atoms. The lowest BCUT2D eigenvalue weighted by Gasteiger charge is -2.32. The van der Waals surface area contributed by atoms with E-state index in [0.717, 1.165) is 18.2 Å². The van der Waals surface area contributed by atoms with Crippen molar-refractivity contribution in [3.8, 4) is 11.4 Å². The van der Waals surface area contributed by atoms with E-state index in [9.17, 15) is 17.6 Å². The standard InChI is InChI=1S/C17H18BF4N3O3/c1-15(2)16(3,4)28-18(27-15)14(19)9-11-10-25(24-23-11)12-5-7-13(8-6-12)26-17(20,21)22/h5-10H,1-4H3. The summed E-state index contributed by atoms with van der Waals surface area (Å²) in [5, 5.41) is 7.67. The van der Waals surface area contributed by atoms with Crippen molar-refractivity contribution in [1.82, 2.24) is 15.0 Å². The van der Waals surface area contributed by atoms with Crippen molar-refractivity contribution >= 4 is 13.2 Å². The first-order valence-electron chi connectivity index (χ1n) is 8.38. The van der Waals surface area contributed by atoms with Crippen LogP contribution in [0.5, 0.6) is 5.75 Å². The molecule has 2 heterocycles. The maximum absolute atomic E-state index is 14.5. The lowest BCUT2D eigenvalue weighted by Crippen LogP contribution is -2.41. The van der Waals surface area contributed by atoms with Gasteiger partial charge in [0.15, 0.2) is 0 Å². The van der Waals surface area contributed by atoms with Crippen molar-refractivity contribution < 1.29 is 31.6 Å². The highest BCUT2D eigenvalue weighted by atomic mass is 19.4. The van der Waals surface area contributed by atoms with Crippen LogP contribution in [-0.4, -0.2) is 39.7 Å². The zero-order chi connectivity index (χ0) is 20.7. The van der Waals surface area contributed by atoms with Crippen LogP contribution in [0.2, 0.25) is 0 Å². The summed E-state index contributed by atoms with van der Waals surface area (Å²) in [6, 6.07) is 5.03. The first kappa shape index (κ1) is 20.3. The largest absolute Gasteiger partial charge is 0.573 e. The summed E-state index contributed by atoms with van der Waals surface area (Å²) in [7, 11) is -1.16. The summed E-state index contributed by atoms with van der Waals surface area (Å²) in [6.07, 6.45) is -2.21. The molecule has 1 saturated heterocycles. The van der Waals surface area contributed by atoms with Gasteiger partial charge in [0.05, 0.1) is 23.1 Å². The number of alkyl halides is 3. The van der Waals surface area contributed by atoms with Crippen LogP contribution in [0.3, 0.4) is 0 Å². The highest BCUT2D eigenvalue weighted by Gasteiger charge is 2.53. The highest BCUT2D eigenvalue weighted by Crippen LogP contribution is 2.39. The number of aromatic nitrogens is 3. The van der Waals surface area contributed by atoms with Crippen LogP contribution in [0.15, 0.2) is 36.2 Å². The van der Waals surface area contributed by atoms with Crippen molar-refractivity contribution in [1.29, 1.82) is 0 Å². The zero-order valence-electron chi connectivity index (χ0n) is 15.6. The zero-order valence-corrected chi connectivity index (χ0v) is 15.6. The van der Waals surface area contributed by atoms with Crippen LogP contribution in [0.4, 0.5) is 17.6 Å². The van der Waals surface area contributed by atoms with Crippen molar-refractivity contribution in [3.63, 3.8) is 0 Å². The minimum absolute atomic E-state index is 0.197. The van der Waals surface area contributed by atoms with Gasteiger partial charge in [0.1, 0.15) is 17.2 Å². The van der Waals surface area contributed by atoms with E-state index >= 15 is 0 Å². The van der Waals surface area contributed by atoms with Gasteiger partial charge in [-0.15, -0.1) is 18.3 Å². The molecule has 6 nitrogen and oxygen atoms in total. The summed E-state index contributed by atoms with van der Waals surface area (Å²) >= 11 is 0. The number of nitrogens with zero attached hydrogens (tertiary/aromatic N) is 3. The van der Waals surface area contributed by atoms with Gasteiger partial charge in [-0.2, -0.15) is 0 Å². The van der Waals surface area contributed by atoms with Gasteiger partial charge in [-0.1, -0.05) is 5.21 Å². The first-order valence-corrected chi connectivity index (χ1v) is 8.38. The Hall–Kier alpha value is -2.40. The van der Waals surface area contributed by atoms with E-state index in [1.807, 2.05) is 27.7 Å². The Balaban J connectivity index is 1.73. The number of hydrogen-bond acceptors (Lipinski definition) is 5. The van der Waals surface area contributed by atoms with Gasteiger partial charge in [-0.3, -0.25) is 0 Å². The quantitative estimate of drug-likeness (QED) is 0.572. The van der Waals surface area contributed by atoms with E-state index in [-0.39, 0.29) is 11.4 Å². The first-order chi connectivity index (χ1) is 12.9. The predicted molar refractivity (Wildman–Crippen MR) is 93.2 cm³/mol. The molecule has 2 aromatic rings. The second kappa shape index (κ2) is 6.89. The number of hydrogen-bond donors (Lipinski definition) is 0. The molecule has 1 fully saturated rings. The van der Waals surface area contributed by atoms with E-state index in [1.165, 1.54) is 23.0 Å². The number of halogens is 4. The Morgan fingerprint density at radius 1 is 1.11 bits per heavy atom. The molecular formula is C17H18BF4N3O3. The van der Waals surface area contributed by atoms with Gasteiger partial charge in [-0.25, -0.2) is 9.07 Å². The molecule has 0 amide bonds. The minimum Gasteiger partial charge on any atom is -0.406 e. The summed E-state index contributed by atoms with van der Waals surface area (Å²) < 4.78 is 67.5. The molecule has 0 N–H and O–H groups in total. The Kier molecular flexibility index (Phi) is 5.01. The van der Waals surface area contributed by atoms with E-state index < -0.39 is 30.4 Å². The molecule has 1 aromatic carbocycles. The number of benzene rings is 1. The van der Waals surface area contributed by atoms with E-state index in [1.54, 1.807) is 0 Å². The van der Waals surface area contributed by atoms with Gasteiger partial charge >= 0.3 is 13.5 Å². The van der Waals surface area contributed by atoms with Crippen LogP contribution in [0, 0.1) is 0 Å². The Morgan fingerprint density at radius 2 is 1.68 bits per heavy atom. The fourth-order valence-corrected chi connectivity index (χ4v) is 2.43. The van der Waals surface area contributed by atoms with Crippen LogP contribution in [0.1, 0.15) is 33.4 Å². The molecule has 0 bridgehead atoms. The average molecular weight is 399 g/mol. The number of rotatable bonds is 4. The average Bonchev–Trinajstić information content (AvgIpc) is 3.09. The van der Waals surface area contributed by atoms with Gasteiger partial charge in [0.2, 0.25) is 0 Å². The van der Waals surface area contributed by atoms with Gasteiger partial charge in [0, 0.05) is 0 Å². The molecule has 1 aliphatic heterocycles. The maximum atomic E-state index is 14.5. The van der Waals surface area contributed by atoms with Crippen LogP contribution in [-0.2, 0) is 9.31 Å². The van der Waals surface area contributed by atoms with Gasteiger partial charge < -0.3 is 14.0 Å². The highest BCUT2D eigenvalue weighted by molar-refractivity contribution is 6.54.